The molecule has 1 aromatic carbocycles. The molecule has 2 heterocycles. The lowest BCUT2D eigenvalue weighted by Crippen LogP contribution is -2.41. The van der Waals surface area contributed by atoms with Gasteiger partial charge in [-0.05, 0) is 11.1 Å². The molecular formula is C15H18OSi. The van der Waals surface area contributed by atoms with Crippen LogP contribution in [0.15, 0.2) is 35.5 Å². The zero-order valence-corrected chi connectivity index (χ0v) is 11.6. The molecule has 88 valence electrons. The average Bonchev–Trinajstić information content (AvgIpc) is 2.67. The van der Waals surface area contributed by atoms with Gasteiger partial charge in [-0.2, -0.15) is 0 Å². The van der Waals surface area contributed by atoms with Crippen molar-refractivity contribution in [1.29, 1.82) is 0 Å². The molecular weight excluding hydrogens is 224 g/mol. The van der Waals surface area contributed by atoms with E-state index in [0.717, 1.165) is 0 Å². The van der Waals surface area contributed by atoms with Gasteiger partial charge in [-0.25, -0.2) is 0 Å². The highest BCUT2D eigenvalue weighted by atomic mass is 28.3. The van der Waals surface area contributed by atoms with E-state index in [2.05, 4.69) is 50.0 Å². The van der Waals surface area contributed by atoms with Gasteiger partial charge in [-0.15, -0.1) is 0 Å². The van der Waals surface area contributed by atoms with Crippen LogP contribution in [0.25, 0.3) is 0 Å². The first-order valence-corrected chi connectivity index (χ1v) is 10.0. The highest BCUT2D eigenvalue weighted by molar-refractivity contribution is 6.83. The molecule has 1 aromatic rings. The predicted octanol–water partition coefficient (Wildman–Crippen LogP) is 3.86. The standard InChI is InChI=1S/C15H18OSi/c1-17(2,3)12-8-11-13(12)15-10-7-5-4-6-9(10)14(11)16-15/h4-8,11,13-15H,1-3H3/t11-,13-,14+,15-/m1/s1. The molecule has 0 saturated carbocycles. The molecule has 2 aliphatic heterocycles. The Morgan fingerprint density at radius 3 is 2.29 bits per heavy atom. The second kappa shape index (κ2) is 2.93. The van der Waals surface area contributed by atoms with Gasteiger partial charge >= 0.3 is 0 Å². The van der Waals surface area contributed by atoms with Crippen molar-refractivity contribution in [1.82, 2.24) is 0 Å². The molecule has 2 heteroatoms. The number of rotatable bonds is 1. The van der Waals surface area contributed by atoms with Crippen LogP contribution in [-0.2, 0) is 4.74 Å². The van der Waals surface area contributed by atoms with Crippen molar-refractivity contribution in [2.24, 2.45) is 11.8 Å². The van der Waals surface area contributed by atoms with Gasteiger partial charge in [0, 0.05) is 11.8 Å². The van der Waals surface area contributed by atoms with Crippen molar-refractivity contribution in [3.8, 4) is 0 Å². The Bertz CT molecular complexity index is 526. The summed E-state index contributed by atoms with van der Waals surface area (Å²) in [6.45, 7) is 7.35. The van der Waals surface area contributed by atoms with Crippen LogP contribution < -0.4 is 0 Å². The summed E-state index contributed by atoms with van der Waals surface area (Å²) >= 11 is 0. The van der Waals surface area contributed by atoms with Crippen molar-refractivity contribution in [2.45, 2.75) is 31.8 Å². The first kappa shape index (κ1) is 10.1. The summed E-state index contributed by atoms with van der Waals surface area (Å²) in [4.78, 5) is 0. The number of benzene rings is 1. The fraction of sp³-hybridized carbons (Fsp3) is 0.467. The Kier molecular flexibility index (Phi) is 1.74. The smallest absolute Gasteiger partial charge is 0.0906 e. The van der Waals surface area contributed by atoms with Crippen molar-refractivity contribution < 1.29 is 4.74 Å². The summed E-state index contributed by atoms with van der Waals surface area (Å²) in [5.74, 6) is 1.39. The van der Waals surface area contributed by atoms with Gasteiger partial charge in [0.1, 0.15) is 0 Å². The number of ether oxygens (including phenoxy) is 1. The van der Waals surface area contributed by atoms with E-state index in [-0.39, 0.29) is 0 Å². The zero-order chi connectivity index (χ0) is 11.8. The zero-order valence-electron chi connectivity index (χ0n) is 10.6. The number of hydrogen-bond donors (Lipinski definition) is 0. The minimum absolute atomic E-state index is 0.362. The molecule has 0 unspecified atom stereocenters. The summed E-state index contributed by atoms with van der Waals surface area (Å²) in [6, 6.07) is 8.79. The van der Waals surface area contributed by atoms with E-state index in [0.29, 0.717) is 24.0 Å². The second-order valence-electron chi connectivity index (χ2n) is 6.58. The molecule has 1 nitrogen and oxygen atoms in total. The highest BCUT2D eigenvalue weighted by Gasteiger charge is 2.58. The molecule has 3 aliphatic rings. The van der Waals surface area contributed by atoms with Crippen LogP contribution >= 0.6 is 0 Å². The topological polar surface area (TPSA) is 9.23 Å². The van der Waals surface area contributed by atoms with E-state index in [1.807, 2.05) is 0 Å². The molecule has 1 saturated heterocycles. The molecule has 0 aromatic heterocycles. The van der Waals surface area contributed by atoms with Crippen molar-refractivity contribution in [2.75, 3.05) is 0 Å². The Hall–Kier alpha value is -0.863. The first-order valence-electron chi connectivity index (χ1n) is 6.54. The van der Waals surface area contributed by atoms with Crippen LogP contribution in [0.2, 0.25) is 19.6 Å². The lowest BCUT2D eigenvalue weighted by molar-refractivity contribution is 0.0620. The van der Waals surface area contributed by atoms with Gasteiger partial charge in [-0.1, -0.05) is 55.2 Å². The molecule has 0 N–H and O–H groups in total. The molecule has 17 heavy (non-hydrogen) atoms. The van der Waals surface area contributed by atoms with E-state index in [4.69, 9.17) is 4.74 Å². The summed E-state index contributed by atoms with van der Waals surface area (Å²) in [5.41, 5.74) is 2.91. The van der Waals surface area contributed by atoms with Crippen LogP contribution in [0, 0.1) is 11.8 Å². The van der Waals surface area contributed by atoms with Gasteiger partial charge in [0.2, 0.25) is 0 Å². The fourth-order valence-corrected chi connectivity index (χ4v) is 5.85. The van der Waals surface area contributed by atoms with Crippen molar-refractivity contribution >= 4 is 8.07 Å². The molecule has 1 fully saturated rings. The third-order valence-corrected chi connectivity index (χ3v) is 6.82. The maximum absolute atomic E-state index is 6.23. The third-order valence-electron chi connectivity index (χ3n) is 4.59. The van der Waals surface area contributed by atoms with Gasteiger partial charge in [0.05, 0.1) is 20.3 Å². The van der Waals surface area contributed by atoms with Crippen LogP contribution in [0.4, 0.5) is 0 Å². The first-order chi connectivity index (χ1) is 8.07. The monoisotopic (exact) mass is 242 g/mol. The molecule has 4 atom stereocenters. The Morgan fingerprint density at radius 1 is 1.00 bits per heavy atom. The SMILES string of the molecule is C[Si](C)(C)C1=C[C@@H]2[C@H]1[C@@H]1O[C@H]2c2ccccc21. The van der Waals surface area contributed by atoms with Crippen molar-refractivity contribution in [3.05, 3.63) is 46.7 Å². The lowest BCUT2D eigenvalue weighted by Gasteiger charge is -2.43. The van der Waals surface area contributed by atoms with Crippen molar-refractivity contribution in [3.63, 3.8) is 0 Å². The Balaban J connectivity index is 1.79. The maximum Gasteiger partial charge on any atom is 0.0906 e. The molecule has 0 spiro atoms. The van der Waals surface area contributed by atoms with Gasteiger partial charge in [0.25, 0.3) is 0 Å². The highest BCUT2D eigenvalue weighted by Crippen LogP contribution is 2.65. The number of hydrogen-bond acceptors (Lipinski definition) is 1. The quantitative estimate of drug-likeness (QED) is 0.679. The fourth-order valence-electron chi connectivity index (χ4n) is 3.81. The third kappa shape index (κ3) is 1.13. The van der Waals surface area contributed by atoms with Crippen LogP contribution in [0.3, 0.4) is 0 Å². The van der Waals surface area contributed by atoms with Gasteiger partial charge < -0.3 is 4.74 Å². The normalized spacial score (nSPS) is 37.2. The summed E-state index contributed by atoms with van der Waals surface area (Å²) < 4.78 is 6.23. The molecule has 4 rings (SSSR count). The second-order valence-corrected chi connectivity index (χ2v) is 11.7. The Morgan fingerprint density at radius 2 is 1.65 bits per heavy atom. The Labute approximate surface area is 104 Å². The summed E-state index contributed by atoms with van der Waals surface area (Å²) in [5, 5.41) is 1.74. The van der Waals surface area contributed by atoms with E-state index >= 15 is 0 Å². The summed E-state index contributed by atoms with van der Waals surface area (Å²) in [7, 11) is -1.14. The average molecular weight is 242 g/mol. The van der Waals surface area contributed by atoms with E-state index < -0.39 is 8.07 Å². The van der Waals surface area contributed by atoms with E-state index in [1.54, 1.807) is 5.20 Å². The lowest BCUT2D eigenvalue weighted by atomic mass is 9.69. The van der Waals surface area contributed by atoms with Gasteiger partial charge in [-0.3, -0.25) is 0 Å². The predicted molar refractivity (Wildman–Crippen MR) is 71.4 cm³/mol. The van der Waals surface area contributed by atoms with Gasteiger partial charge in [0.15, 0.2) is 0 Å². The maximum atomic E-state index is 6.23. The van der Waals surface area contributed by atoms with Crippen LogP contribution in [0.1, 0.15) is 23.3 Å². The summed E-state index contributed by atoms with van der Waals surface area (Å²) in [6.07, 6.45) is 3.26. The largest absolute Gasteiger partial charge is 0.364 e. The number of fused-ring (bicyclic) bond motifs is 8. The minimum Gasteiger partial charge on any atom is -0.364 e. The van der Waals surface area contributed by atoms with E-state index in [1.165, 1.54) is 11.1 Å². The van der Waals surface area contributed by atoms with E-state index in [9.17, 15) is 0 Å². The van der Waals surface area contributed by atoms with Crippen LogP contribution in [-0.4, -0.2) is 8.07 Å². The minimum atomic E-state index is -1.14. The molecule has 1 aliphatic carbocycles. The van der Waals surface area contributed by atoms with Crippen LogP contribution in [0.5, 0.6) is 0 Å². The molecule has 2 bridgehead atoms. The molecule has 0 amide bonds. The molecule has 0 radical (unpaired) electrons.